The molecule has 4 heterocycles. The van der Waals surface area contributed by atoms with E-state index >= 15 is 0 Å². The minimum absolute atomic E-state index is 0.0171. The maximum absolute atomic E-state index is 5.17. The van der Waals surface area contributed by atoms with Gasteiger partial charge in [0.1, 0.15) is 0 Å². The molecule has 428 valence electrons. The minimum Gasteiger partial charge on any atom is -0.311 e. The highest BCUT2D eigenvalue weighted by Crippen LogP contribution is 2.49. The van der Waals surface area contributed by atoms with Gasteiger partial charge in [-0.2, -0.15) is 0 Å². The molecule has 0 spiro atoms. The summed E-state index contributed by atoms with van der Waals surface area (Å²) in [4.78, 5) is 20.6. The predicted octanol–water partition coefficient (Wildman–Crippen LogP) is 19.2. The first-order valence-corrected chi connectivity index (χ1v) is 30.9. The van der Waals surface area contributed by atoms with Crippen LogP contribution in [-0.4, -0.2) is 26.2 Å². The zero-order chi connectivity index (χ0) is 60.5. The Morgan fingerprint density at radius 2 is 0.713 bits per heavy atom. The van der Waals surface area contributed by atoms with Crippen molar-refractivity contribution >= 4 is 79.0 Å². The first-order valence-electron chi connectivity index (χ1n) is 30.9. The Labute approximate surface area is 514 Å². The fraction of sp³-hybridized carbons (Fsp3) is 0.212. The number of aromatic nitrogens is 4. The van der Waals surface area contributed by atoms with Gasteiger partial charge in [-0.05, 0) is 157 Å². The highest BCUT2D eigenvalue weighted by atomic mass is 15.2. The second-order valence-electron chi connectivity index (χ2n) is 28.3. The summed E-state index contributed by atoms with van der Waals surface area (Å²) >= 11 is 0. The van der Waals surface area contributed by atoms with E-state index in [-0.39, 0.29) is 28.4 Å². The summed E-state index contributed by atoms with van der Waals surface area (Å²) in [5.74, 6) is 1.90. The van der Waals surface area contributed by atoms with Crippen LogP contribution in [0.1, 0.15) is 111 Å². The van der Waals surface area contributed by atoms with Crippen molar-refractivity contribution in [2.75, 3.05) is 9.80 Å². The standard InChI is InChI=1S/C80H75BN6/c1-50-36-37-54(76-83-74(51-26-16-14-17-27-51)82-75(84-76)52-28-18-15-19-29-52)41-70(50)87-66-33-23-20-30-62(66)63-40-53(38-39-67(63)87)55-42-71-73-72(43-55)86(61-48-58(79(8,9)10)45-59(49-61)80(11,12)13)69-35-25-22-32-65(69)81(73)64-31-21-24-34-68(64)85(71)60-46-56(77(2,3)4)44-57(47-60)78(5,6)7/h14-49H,1-13H3. The van der Waals surface area contributed by atoms with Gasteiger partial charge in [0.25, 0.3) is 6.71 Å². The van der Waals surface area contributed by atoms with Crippen molar-refractivity contribution in [3.8, 4) is 51.0 Å². The van der Waals surface area contributed by atoms with E-state index in [9.17, 15) is 0 Å². The Kier molecular flexibility index (Phi) is 13.0. The third-order valence-corrected chi connectivity index (χ3v) is 18.1. The van der Waals surface area contributed by atoms with Gasteiger partial charge in [-0.25, -0.2) is 15.0 Å². The average molecular weight is 1130 g/mol. The van der Waals surface area contributed by atoms with Crippen molar-refractivity contribution in [3.63, 3.8) is 0 Å². The van der Waals surface area contributed by atoms with E-state index in [1.165, 1.54) is 83.5 Å². The minimum atomic E-state index is -0.0905. The third-order valence-electron chi connectivity index (χ3n) is 18.1. The molecule has 0 saturated carbocycles. The molecule has 0 saturated heterocycles. The van der Waals surface area contributed by atoms with Crippen LogP contribution in [0, 0.1) is 6.92 Å². The maximum Gasteiger partial charge on any atom is 0.252 e. The second kappa shape index (κ2) is 20.4. The van der Waals surface area contributed by atoms with Gasteiger partial charge < -0.3 is 14.4 Å². The van der Waals surface area contributed by atoms with Gasteiger partial charge in [-0.15, -0.1) is 0 Å². The van der Waals surface area contributed by atoms with Gasteiger partial charge in [0.2, 0.25) is 0 Å². The number of hydrogen-bond acceptors (Lipinski definition) is 5. The molecule has 0 bridgehead atoms. The Morgan fingerprint density at radius 1 is 0.310 bits per heavy atom. The van der Waals surface area contributed by atoms with E-state index in [0.717, 1.165) is 50.1 Å². The number of rotatable bonds is 7. The van der Waals surface area contributed by atoms with E-state index < -0.39 is 0 Å². The van der Waals surface area contributed by atoms with Crippen molar-refractivity contribution in [1.82, 2.24) is 19.5 Å². The summed E-state index contributed by atoms with van der Waals surface area (Å²) in [5, 5.41) is 2.37. The molecule has 10 aromatic carbocycles. The van der Waals surface area contributed by atoms with Gasteiger partial charge >= 0.3 is 0 Å². The van der Waals surface area contributed by atoms with Crippen LogP contribution in [0.3, 0.4) is 0 Å². The summed E-state index contributed by atoms with van der Waals surface area (Å²) in [6, 6.07) is 81.2. The summed E-state index contributed by atoms with van der Waals surface area (Å²) < 4.78 is 2.44. The van der Waals surface area contributed by atoms with Gasteiger partial charge in [0.15, 0.2) is 17.5 Å². The molecule has 2 aromatic heterocycles. The lowest BCUT2D eigenvalue weighted by Crippen LogP contribution is -2.61. The molecule has 0 unspecified atom stereocenters. The van der Waals surface area contributed by atoms with E-state index in [1.807, 2.05) is 36.4 Å². The molecule has 2 aliphatic rings. The zero-order valence-corrected chi connectivity index (χ0v) is 52.5. The SMILES string of the molecule is Cc1ccc(-c2nc(-c3ccccc3)nc(-c3ccccc3)n2)cc1-n1c2ccccc2c2cc(-c3cc4c5c(c3)N(c3cc(C(C)(C)C)cc(C(C)(C)C)c3)c3ccccc3B5c3ccccc3N4c3cc(C(C)(C)C)cc(C(C)(C)C)c3)ccc21. The fourth-order valence-electron chi connectivity index (χ4n) is 13.2. The molecule has 0 fully saturated rings. The molecule has 87 heavy (non-hydrogen) atoms. The number of benzene rings is 10. The number of fused-ring (bicyclic) bond motifs is 7. The van der Waals surface area contributed by atoms with E-state index in [1.54, 1.807) is 0 Å². The molecule has 0 aliphatic carbocycles. The summed E-state index contributed by atoms with van der Waals surface area (Å²) in [5.41, 5.74) is 25.6. The van der Waals surface area contributed by atoms with Gasteiger partial charge in [0.05, 0.1) is 11.0 Å². The first-order chi connectivity index (χ1) is 41.6. The number of hydrogen-bond donors (Lipinski definition) is 0. The lowest BCUT2D eigenvalue weighted by atomic mass is 9.33. The van der Waals surface area contributed by atoms with Crippen molar-refractivity contribution in [1.29, 1.82) is 0 Å². The molecule has 14 rings (SSSR count). The van der Waals surface area contributed by atoms with E-state index in [0.29, 0.717) is 17.5 Å². The number of aryl methyl sites for hydroxylation is 1. The van der Waals surface area contributed by atoms with Gasteiger partial charge in [0, 0.05) is 67.3 Å². The highest BCUT2D eigenvalue weighted by molar-refractivity contribution is 7.00. The highest BCUT2D eigenvalue weighted by Gasteiger charge is 2.44. The fourth-order valence-corrected chi connectivity index (χ4v) is 13.2. The van der Waals surface area contributed by atoms with Crippen LogP contribution in [0.5, 0.6) is 0 Å². The normalized spacial score (nSPS) is 13.3. The van der Waals surface area contributed by atoms with E-state index in [4.69, 9.17) is 15.0 Å². The molecule has 0 atom stereocenters. The lowest BCUT2D eigenvalue weighted by Gasteiger charge is -2.45. The van der Waals surface area contributed by atoms with Crippen molar-refractivity contribution in [2.45, 2.75) is 112 Å². The molecule has 7 heteroatoms. The van der Waals surface area contributed by atoms with Gasteiger partial charge in [-0.3, -0.25) is 0 Å². The Morgan fingerprint density at radius 3 is 1.20 bits per heavy atom. The molecule has 0 amide bonds. The third kappa shape index (κ3) is 9.73. The van der Waals surface area contributed by atoms with Crippen LogP contribution in [0.25, 0.3) is 72.8 Å². The quantitative estimate of drug-likeness (QED) is 0.149. The summed E-state index contributed by atoms with van der Waals surface area (Å²) in [7, 11) is 0. The Hall–Kier alpha value is -9.33. The summed E-state index contributed by atoms with van der Waals surface area (Å²) in [6.45, 7) is 30.3. The number of nitrogens with zero attached hydrogens (tertiary/aromatic N) is 6. The van der Waals surface area contributed by atoms with Crippen LogP contribution < -0.4 is 26.2 Å². The Balaban J connectivity index is 1.02. The molecule has 0 radical (unpaired) electrons. The van der Waals surface area contributed by atoms with Gasteiger partial charge in [-0.1, -0.05) is 229 Å². The lowest BCUT2D eigenvalue weighted by molar-refractivity contribution is 0.568. The molecule has 2 aliphatic heterocycles. The van der Waals surface area contributed by atoms with E-state index in [2.05, 4.69) is 286 Å². The van der Waals surface area contributed by atoms with Crippen molar-refractivity contribution in [3.05, 3.63) is 246 Å². The topological polar surface area (TPSA) is 50.1 Å². The maximum atomic E-state index is 5.17. The molecular weight excluding hydrogens is 1060 g/mol. The van der Waals surface area contributed by atoms with Crippen LogP contribution in [0.4, 0.5) is 34.1 Å². The average Bonchev–Trinajstić information content (AvgIpc) is 1.07. The predicted molar refractivity (Wildman–Crippen MR) is 369 cm³/mol. The largest absolute Gasteiger partial charge is 0.311 e. The zero-order valence-electron chi connectivity index (χ0n) is 52.5. The second-order valence-corrected chi connectivity index (χ2v) is 28.3. The van der Waals surface area contributed by atoms with Crippen molar-refractivity contribution < 1.29 is 0 Å². The number of anilines is 6. The summed E-state index contributed by atoms with van der Waals surface area (Å²) in [6.07, 6.45) is 0. The molecule has 0 N–H and O–H groups in total. The number of para-hydroxylation sites is 3. The monoisotopic (exact) mass is 1130 g/mol. The smallest absolute Gasteiger partial charge is 0.252 e. The molecular formula is C80H75BN6. The van der Waals surface area contributed by atoms with Crippen LogP contribution >= 0.6 is 0 Å². The Bertz CT molecular complexity index is 4430. The first kappa shape index (κ1) is 55.5. The van der Waals surface area contributed by atoms with Crippen LogP contribution in [0.2, 0.25) is 0 Å². The molecule has 12 aromatic rings. The van der Waals surface area contributed by atoms with Crippen LogP contribution in [0.15, 0.2) is 218 Å². The van der Waals surface area contributed by atoms with Crippen LogP contribution in [-0.2, 0) is 21.7 Å². The van der Waals surface area contributed by atoms with Crippen molar-refractivity contribution in [2.24, 2.45) is 0 Å². The molecule has 6 nitrogen and oxygen atoms in total.